The van der Waals surface area contributed by atoms with Crippen LogP contribution in [-0.4, -0.2) is 69.5 Å². The predicted molar refractivity (Wildman–Crippen MR) is 117 cm³/mol. The molecule has 0 unspecified atom stereocenters. The molecule has 5 N–H and O–H groups in total. The van der Waals surface area contributed by atoms with Gasteiger partial charge in [-0.2, -0.15) is 0 Å². The first kappa shape index (κ1) is 25.3. The number of rotatable bonds is 11. The molecule has 0 radical (unpaired) electrons. The molecule has 1 aliphatic heterocycles. The van der Waals surface area contributed by atoms with Crippen molar-refractivity contribution in [1.29, 1.82) is 0 Å². The SMILES string of the molecule is CCCCCCCCOc1ccc2c(O)c(O[C@@H]3O[C@H](CO)[C@H](O)[C@H](O)[C@H]3O)c(=O)oc2c1. The second-order valence-corrected chi connectivity index (χ2v) is 8.16. The summed E-state index contributed by atoms with van der Waals surface area (Å²) in [6.07, 6.45) is -1.10. The van der Waals surface area contributed by atoms with E-state index < -0.39 is 54.4 Å². The Kier molecular flexibility index (Phi) is 8.93. The molecule has 10 nitrogen and oxygen atoms in total. The molecule has 1 saturated heterocycles. The average molecular weight is 468 g/mol. The maximum atomic E-state index is 12.4. The number of hydrogen-bond acceptors (Lipinski definition) is 10. The molecular weight excluding hydrogens is 436 g/mol. The molecule has 0 aliphatic carbocycles. The highest BCUT2D eigenvalue weighted by Crippen LogP contribution is 2.35. The molecule has 1 aromatic heterocycles. The van der Waals surface area contributed by atoms with Crippen LogP contribution >= 0.6 is 0 Å². The van der Waals surface area contributed by atoms with E-state index in [-0.39, 0.29) is 11.0 Å². The normalized spacial score (nSPS) is 25.3. The Bertz CT molecular complexity index is 956. The van der Waals surface area contributed by atoms with E-state index in [1.54, 1.807) is 6.07 Å². The molecule has 0 saturated carbocycles. The Hall–Kier alpha value is -2.37. The minimum absolute atomic E-state index is 0.0825. The zero-order valence-corrected chi connectivity index (χ0v) is 18.6. The van der Waals surface area contributed by atoms with Crippen molar-refractivity contribution in [2.45, 2.75) is 76.2 Å². The minimum Gasteiger partial charge on any atom is -0.504 e. The Balaban J connectivity index is 1.70. The molecule has 0 amide bonds. The van der Waals surface area contributed by atoms with Gasteiger partial charge < -0.3 is 44.2 Å². The van der Waals surface area contributed by atoms with Gasteiger partial charge in [0.2, 0.25) is 6.29 Å². The van der Waals surface area contributed by atoms with E-state index in [1.165, 1.54) is 31.4 Å². The van der Waals surface area contributed by atoms with E-state index >= 15 is 0 Å². The Labute approximate surface area is 190 Å². The summed E-state index contributed by atoms with van der Waals surface area (Å²) in [6.45, 7) is 2.03. The molecule has 0 bridgehead atoms. The van der Waals surface area contributed by atoms with Crippen LogP contribution < -0.4 is 15.1 Å². The highest BCUT2D eigenvalue weighted by molar-refractivity contribution is 5.86. The molecular formula is C23H32O10. The first-order valence-corrected chi connectivity index (χ1v) is 11.3. The van der Waals surface area contributed by atoms with Crippen molar-refractivity contribution in [3.05, 3.63) is 28.6 Å². The van der Waals surface area contributed by atoms with Crippen LogP contribution in [0.4, 0.5) is 0 Å². The summed E-state index contributed by atoms with van der Waals surface area (Å²) in [5.74, 6) is -0.686. The number of aromatic hydroxyl groups is 1. The summed E-state index contributed by atoms with van der Waals surface area (Å²) >= 11 is 0. The van der Waals surface area contributed by atoms with Gasteiger partial charge in [0.25, 0.3) is 5.75 Å². The van der Waals surface area contributed by atoms with Gasteiger partial charge in [-0.25, -0.2) is 4.79 Å². The molecule has 5 atom stereocenters. The second kappa shape index (κ2) is 11.7. The van der Waals surface area contributed by atoms with Crippen LogP contribution in [0.1, 0.15) is 45.4 Å². The molecule has 2 heterocycles. The van der Waals surface area contributed by atoms with Gasteiger partial charge in [-0.05, 0) is 18.6 Å². The van der Waals surface area contributed by atoms with Crippen molar-refractivity contribution < 1.29 is 44.2 Å². The Morgan fingerprint density at radius 3 is 2.45 bits per heavy atom. The molecule has 1 fully saturated rings. The number of ether oxygens (including phenoxy) is 3. The molecule has 10 heteroatoms. The highest BCUT2D eigenvalue weighted by atomic mass is 16.7. The quantitative estimate of drug-likeness (QED) is 0.241. The number of fused-ring (bicyclic) bond motifs is 1. The van der Waals surface area contributed by atoms with Gasteiger partial charge in [-0.3, -0.25) is 0 Å². The third kappa shape index (κ3) is 5.96. The van der Waals surface area contributed by atoms with E-state index in [9.17, 15) is 30.3 Å². The standard InChI is InChI=1S/C23H32O10/c1-2-3-4-5-6-7-10-30-13-8-9-14-15(11-13)31-22(29)21(17(14)25)33-23-20(28)19(27)18(26)16(12-24)32-23/h8-9,11,16,18-20,23-28H,2-7,10,12H2,1H3/t16-,18+,19+,20-,23+/m1/s1. The number of unbranched alkanes of at least 4 members (excludes halogenated alkanes) is 5. The van der Waals surface area contributed by atoms with Crippen molar-refractivity contribution in [2.75, 3.05) is 13.2 Å². The lowest BCUT2D eigenvalue weighted by molar-refractivity contribution is -0.278. The lowest BCUT2D eigenvalue weighted by Crippen LogP contribution is -2.60. The third-order valence-electron chi connectivity index (χ3n) is 5.66. The van der Waals surface area contributed by atoms with E-state index in [1.807, 2.05) is 0 Å². The van der Waals surface area contributed by atoms with Crippen molar-refractivity contribution >= 4 is 11.0 Å². The van der Waals surface area contributed by atoms with Gasteiger partial charge in [-0.15, -0.1) is 0 Å². The summed E-state index contributed by atoms with van der Waals surface area (Å²) in [5.41, 5.74) is -0.955. The van der Waals surface area contributed by atoms with E-state index in [4.69, 9.17) is 18.6 Å². The Morgan fingerprint density at radius 1 is 1.00 bits per heavy atom. The van der Waals surface area contributed by atoms with E-state index in [0.29, 0.717) is 12.4 Å². The molecule has 33 heavy (non-hydrogen) atoms. The van der Waals surface area contributed by atoms with Crippen molar-refractivity contribution in [2.24, 2.45) is 0 Å². The predicted octanol–water partition coefficient (Wildman–Crippen LogP) is 1.42. The number of aliphatic hydroxyl groups is 4. The monoisotopic (exact) mass is 468 g/mol. The first-order chi connectivity index (χ1) is 15.9. The lowest BCUT2D eigenvalue weighted by Gasteiger charge is -2.39. The molecule has 1 aliphatic rings. The van der Waals surface area contributed by atoms with Crippen LogP contribution in [0.15, 0.2) is 27.4 Å². The van der Waals surface area contributed by atoms with E-state index in [0.717, 1.165) is 19.3 Å². The number of aliphatic hydroxyl groups excluding tert-OH is 4. The molecule has 1 aromatic carbocycles. The van der Waals surface area contributed by atoms with Crippen LogP contribution in [0.25, 0.3) is 11.0 Å². The van der Waals surface area contributed by atoms with Crippen molar-refractivity contribution in [1.82, 2.24) is 0 Å². The van der Waals surface area contributed by atoms with Gasteiger partial charge >= 0.3 is 5.63 Å². The van der Waals surface area contributed by atoms with Gasteiger partial charge in [0, 0.05) is 6.07 Å². The fourth-order valence-corrected chi connectivity index (χ4v) is 3.69. The number of benzene rings is 1. The van der Waals surface area contributed by atoms with Crippen LogP contribution in [0.5, 0.6) is 17.2 Å². The van der Waals surface area contributed by atoms with Gasteiger partial charge in [-0.1, -0.05) is 39.0 Å². The minimum atomic E-state index is -1.74. The fourth-order valence-electron chi connectivity index (χ4n) is 3.69. The lowest BCUT2D eigenvalue weighted by atomic mass is 9.99. The maximum absolute atomic E-state index is 12.4. The molecule has 0 spiro atoms. The summed E-state index contributed by atoms with van der Waals surface area (Å²) in [7, 11) is 0. The maximum Gasteiger partial charge on any atom is 0.383 e. The van der Waals surface area contributed by atoms with Gasteiger partial charge in [0.05, 0.1) is 18.6 Å². The van der Waals surface area contributed by atoms with E-state index in [2.05, 4.69) is 6.92 Å². The molecule has 3 rings (SSSR count). The smallest absolute Gasteiger partial charge is 0.383 e. The van der Waals surface area contributed by atoms with Gasteiger partial charge in [0.15, 0.2) is 5.75 Å². The van der Waals surface area contributed by atoms with Crippen molar-refractivity contribution in [3.8, 4) is 17.2 Å². The molecule has 184 valence electrons. The van der Waals surface area contributed by atoms with Crippen LogP contribution in [0.3, 0.4) is 0 Å². The number of hydrogen-bond donors (Lipinski definition) is 5. The summed E-state index contributed by atoms with van der Waals surface area (Å²) < 4.78 is 21.5. The summed E-state index contributed by atoms with van der Waals surface area (Å²) in [6, 6.07) is 4.62. The van der Waals surface area contributed by atoms with Crippen LogP contribution in [0, 0.1) is 0 Å². The second-order valence-electron chi connectivity index (χ2n) is 8.16. The van der Waals surface area contributed by atoms with Crippen LogP contribution in [-0.2, 0) is 4.74 Å². The zero-order valence-electron chi connectivity index (χ0n) is 18.6. The summed E-state index contributed by atoms with van der Waals surface area (Å²) in [5, 5.41) is 49.9. The van der Waals surface area contributed by atoms with Gasteiger partial charge in [0.1, 0.15) is 35.7 Å². The topological polar surface area (TPSA) is 159 Å². The van der Waals surface area contributed by atoms with Crippen molar-refractivity contribution in [3.63, 3.8) is 0 Å². The average Bonchev–Trinajstić information content (AvgIpc) is 2.80. The fraction of sp³-hybridized carbons (Fsp3) is 0.609. The first-order valence-electron chi connectivity index (χ1n) is 11.3. The molecule has 2 aromatic rings. The zero-order chi connectivity index (χ0) is 24.0. The third-order valence-corrected chi connectivity index (χ3v) is 5.66. The van der Waals surface area contributed by atoms with Crippen LogP contribution in [0.2, 0.25) is 0 Å². The Morgan fingerprint density at radius 2 is 1.73 bits per heavy atom. The largest absolute Gasteiger partial charge is 0.504 e. The summed E-state index contributed by atoms with van der Waals surface area (Å²) in [4.78, 5) is 12.4. The highest BCUT2D eigenvalue weighted by Gasteiger charge is 2.45.